The Kier molecular flexibility index (Phi) is 2.64. The molecular weight excluding hydrogens is 256 g/mol. The number of carbonyl (C=O) groups excluding carboxylic acids is 1. The Balaban J connectivity index is 1.80. The maximum absolute atomic E-state index is 12.1. The lowest BCUT2D eigenvalue weighted by molar-refractivity contribution is -0.145. The SMILES string of the molecule is O=C(O)[C@H]1[C@H](C(=O)Nc2nccs2)[C@H]2C=C[C@H]1O2. The van der Waals surface area contributed by atoms with E-state index in [1.165, 1.54) is 11.3 Å². The summed E-state index contributed by atoms with van der Waals surface area (Å²) in [6.45, 7) is 0. The number of hydrogen-bond donors (Lipinski definition) is 2. The summed E-state index contributed by atoms with van der Waals surface area (Å²) in [5.41, 5.74) is 0. The zero-order valence-corrected chi connectivity index (χ0v) is 9.96. The maximum Gasteiger partial charge on any atom is 0.310 e. The molecule has 0 spiro atoms. The van der Waals surface area contributed by atoms with Crippen molar-refractivity contribution < 1.29 is 19.4 Å². The first-order chi connectivity index (χ1) is 8.66. The fourth-order valence-electron chi connectivity index (χ4n) is 2.39. The second kappa shape index (κ2) is 4.18. The zero-order chi connectivity index (χ0) is 12.7. The van der Waals surface area contributed by atoms with Crippen molar-refractivity contribution in [2.75, 3.05) is 5.32 Å². The zero-order valence-electron chi connectivity index (χ0n) is 9.15. The highest BCUT2D eigenvalue weighted by Crippen LogP contribution is 2.39. The molecular formula is C11H10N2O4S. The van der Waals surface area contributed by atoms with Gasteiger partial charge in [-0.2, -0.15) is 0 Å². The summed E-state index contributed by atoms with van der Waals surface area (Å²) in [7, 11) is 0. The molecule has 3 rings (SSSR count). The third-order valence-corrected chi connectivity index (χ3v) is 3.84. The van der Waals surface area contributed by atoms with E-state index in [1.807, 2.05) is 0 Å². The largest absolute Gasteiger partial charge is 0.481 e. The standard InChI is InChI=1S/C11H10N2O4S/c14-9(13-11-12-3-4-18-11)7-5-1-2-6(17-5)8(7)10(15)16/h1-8H,(H,15,16)(H,12,13,14)/t5-,6-,7-,8-/m1/s1. The molecule has 1 saturated heterocycles. The van der Waals surface area contributed by atoms with E-state index in [1.54, 1.807) is 23.7 Å². The number of aliphatic carboxylic acids is 1. The van der Waals surface area contributed by atoms with Gasteiger partial charge in [-0.3, -0.25) is 9.59 Å². The molecule has 0 aliphatic carbocycles. The van der Waals surface area contributed by atoms with Crippen molar-refractivity contribution in [1.82, 2.24) is 4.98 Å². The first kappa shape index (κ1) is 11.4. The van der Waals surface area contributed by atoms with Crippen LogP contribution in [0.15, 0.2) is 23.7 Å². The van der Waals surface area contributed by atoms with Gasteiger partial charge >= 0.3 is 5.97 Å². The Morgan fingerprint density at radius 3 is 2.67 bits per heavy atom. The van der Waals surface area contributed by atoms with Crippen LogP contribution in [0.4, 0.5) is 5.13 Å². The minimum atomic E-state index is -1.01. The number of nitrogens with one attached hydrogen (secondary N) is 1. The second-order valence-corrected chi connectivity index (χ2v) is 5.06. The number of thiazole rings is 1. The second-order valence-electron chi connectivity index (χ2n) is 4.17. The number of nitrogens with zero attached hydrogens (tertiary/aromatic N) is 1. The van der Waals surface area contributed by atoms with Crippen LogP contribution in [-0.4, -0.2) is 34.2 Å². The molecule has 18 heavy (non-hydrogen) atoms. The number of aromatic nitrogens is 1. The van der Waals surface area contributed by atoms with Crippen molar-refractivity contribution in [1.29, 1.82) is 0 Å². The predicted molar refractivity (Wildman–Crippen MR) is 63.2 cm³/mol. The molecule has 7 heteroatoms. The summed E-state index contributed by atoms with van der Waals surface area (Å²) >= 11 is 1.29. The van der Waals surface area contributed by atoms with Gasteiger partial charge in [-0.05, 0) is 0 Å². The number of ether oxygens (including phenoxy) is 1. The number of rotatable bonds is 3. The van der Waals surface area contributed by atoms with Gasteiger partial charge in [0.15, 0.2) is 5.13 Å². The fourth-order valence-corrected chi connectivity index (χ4v) is 2.92. The molecule has 1 aromatic heterocycles. The molecule has 2 aliphatic heterocycles. The van der Waals surface area contributed by atoms with Crippen LogP contribution in [0.5, 0.6) is 0 Å². The lowest BCUT2D eigenvalue weighted by atomic mass is 9.82. The van der Waals surface area contributed by atoms with Gasteiger partial charge in [0.1, 0.15) is 5.92 Å². The lowest BCUT2D eigenvalue weighted by Crippen LogP contribution is -2.39. The number of fused-ring (bicyclic) bond motifs is 2. The first-order valence-corrected chi connectivity index (χ1v) is 6.32. The van der Waals surface area contributed by atoms with Crippen molar-refractivity contribution in [3.8, 4) is 0 Å². The van der Waals surface area contributed by atoms with Crippen molar-refractivity contribution in [3.63, 3.8) is 0 Å². The van der Waals surface area contributed by atoms with Crippen molar-refractivity contribution >= 4 is 28.3 Å². The molecule has 2 bridgehead atoms. The summed E-state index contributed by atoms with van der Waals surface area (Å²) < 4.78 is 5.43. The van der Waals surface area contributed by atoms with E-state index in [-0.39, 0.29) is 5.91 Å². The normalized spacial score (nSPS) is 32.7. The van der Waals surface area contributed by atoms with E-state index >= 15 is 0 Å². The van der Waals surface area contributed by atoms with E-state index in [2.05, 4.69) is 10.3 Å². The Labute approximate surface area is 106 Å². The number of hydrogen-bond acceptors (Lipinski definition) is 5. The number of anilines is 1. The van der Waals surface area contributed by atoms with Gasteiger partial charge in [0.2, 0.25) is 5.91 Å². The third-order valence-electron chi connectivity index (χ3n) is 3.15. The van der Waals surface area contributed by atoms with Crippen LogP contribution in [-0.2, 0) is 14.3 Å². The van der Waals surface area contributed by atoms with Gasteiger partial charge in [0.25, 0.3) is 0 Å². The Morgan fingerprint density at radius 1 is 1.33 bits per heavy atom. The molecule has 2 aliphatic rings. The number of carbonyl (C=O) groups is 2. The third kappa shape index (κ3) is 1.72. The van der Waals surface area contributed by atoms with Gasteiger partial charge in [-0.25, -0.2) is 4.98 Å². The molecule has 6 nitrogen and oxygen atoms in total. The van der Waals surface area contributed by atoms with Gasteiger partial charge in [-0.1, -0.05) is 12.2 Å². The monoisotopic (exact) mass is 266 g/mol. The minimum Gasteiger partial charge on any atom is -0.481 e. The van der Waals surface area contributed by atoms with Crippen LogP contribution in [0, 0.1) is 11.8 Å². The molecule has 1 amide bonds. The summed E-state index contributed by atoms with van der Waals surface area (Å²) in [4.78, 5) is 27.2. The van der Waals surface area contributed by atoms with Gasteiger partial charge in [0.05, 0.1) is 18.1 Å². The van der Waals surface area contributed by atoms with E-state index in [0.29, 0.717) is 5.13 Å². The van der Waals surface area contributed by atoms with E-state index < -0.39 is 30.0 Å². The predicted octanol–water partition coefficient (Wildman–Crippen LogP) is 0.736. The highest BCUT2D eigenvalue weighted by Gasteiger charge is 2.53. The Bertz CT molecular complexity index is 513. The van der Waals surface area contributed by atoms with Gasteiger partial charge in [-0.15, -0.1) is 11.3 Å². The van der Waals surface area contributed by atoms with Crippen LogP contribution >= 0.6 is 11.3 Å². The number of carboxylic acids is 1. The molecule has 0 saturated carbocycles. The molecule has 0 radical (unpaired) electrons. The number of carboxylic acid groups (broad SMARTS) is 1. The molecule has 3 heterocycles. The topological polar surface area (TPSA) is 88.5 Å². The summed E-state index contributed by atoms with van der Waals surface area (Å²) in [6, 6.07) is 0. The Morgan fingerprint density at radius 2 is 2.06 bits per heavy atom. The van der Waals surface area contributed by atoms with Crippen LogP contribution in [0.25, 0.3) is 0 Å². The molecule has 0 aromatic carbocycles. The Hall–Kier alpha value is -1.73. The molecule has 1 aromatic rings. The molecule has 0 unspecified atom stereocenters. The molecule has 4 atom stereocenters. The molecule has 2 N–H and O–H groups in total. The first-order valence-electron chi connectivity index (χ1n) is 5.44. The van der Waals surface area contributed by atoms with E-state index in [4.69, 9.17) is 4.74 Å². The van der Waals surface area contributed by atoms with Crippen LogP contribution in [0.3, 0.4) is 0 Å². The highest BCUT2D eigenvalue weighted by molar-refractivity contribution is 7.13. The molecule has 94 valence electrons. The van der Waals surface area contributed by atoms with Gasteiger partial charge in [0, 0.05) is 11.6 Å². The van der Waals surface area contributed by atoms with Crippen molar-refractivity contribution in [2.24, 2.45) is 11.8 Å². The highest BCUT2D eigenvalue weighted by atomic mass is 32.1. The average Bonchev–Trinajstić information content (AvgIpc) is 3.03. The van der Waals surface area contributed by atoms with E-state index in [0.717, 1.165) is 0 Å². The maximum atomic E-state index is 12.1. The van der Waals surface area contributed by atoms with Gasteiger partial charge < -0.3 is 15.2 Å². The van der Waals surface area contributed by atoms with E-state index in [9.17, 15) is 14.7 Å². The van der Waals surface area contributed by atoms with Crippen molar-refractivity contribution in [3.05, 3.63) is 23.7 Å². The van der Waals surface area contributed by atoms with Crippen LogP contribution in [0.1, 0.15) is 0 Å². The lowest BCUT2D eigenvalue weighted by Gasteiger charge is -2.20. The van der Waals surface area contributed by atoms with Crippen LogP contribution in [0.2, 0.25) is 0 Å². The quantitative estimate of drug-likeness (QED) is 0.788. The average molecular weight is 266 g/mol. The van der Waals surface area contributed by atoms with Crippen LogP contribution < -0.4 is 5.32 Å². The van der Waals surface area contributed by atoms with Crippen molar-refractivity contribution in [2.45, 2.75) is 12.2 Å². The smallest absolute Gasteiger partial charge is 0.310 e. The molecule has 1 fully saturated rings. The summed E-state index contributed by atoms with van der Waals surface area (Å²) in [6.07, 6.45) is 4.08. The summed E-state index contributed by atoms with van der Waals surface area (Å²) in [5, 5.41) is 14.0. The minimum absolute atomic E-state index is 0.353. The fraction of sp³-hybridized carbons (Fsp3) is 0.364. The number of amides is 1. The summed E-state index contributed by atoms with van der Waals surface area (Å²) in [5.74, 6) is -2.87.